The van der Waals surface area contributed by atoms with E-state index in [9.17, 15) is 14.4 Å². The van der Waals surface area contributed by atoms with Crippen LogP contribution in [0.5, 0.6) is 11.5 Å². The number of rotatable bonds is 10. The summed E-state index contributed by atoms with van der Waals surface area (Å²) in [5, 5.41) is 6.44. The minimum Gasteiger partial charge on any atom is -0.496 e. The average molecular weight is 611 g/mol. The maximum absolute atomic E-state index is 15.2. The summed E-state index contributed by atoms with van der Waals surface area (Å²) < 4.78 is 31.6. The molecule has 8 nitrogen and oxygen atoms in total. The lowest BCUT2D eigenvalue weighted by molar-refractivity contribution is -0.154. The Labute approximate surface area is 259 Å². The van der Waals surface area contributed by atoms with Crippen molar-refractivity contribution in [2.75, 3.05) is 20.8 Å². The second kappa shape index (κ2) is 12.0. The molecule has 1 aromatic rings. The molecule has 0 aliphatic heterocycles. The zero-order chi connectivity index (χ0) is 31.2. The highest BCUT2D eigenvalue weighted by atomic mass is 19.1. The highest BCUT2D eigenvalue weighted by Crippen LogP contribution is 2.53. The van der Waals surface area contributed by atoms with Gasteiger partial charge in [0.25, 0.3) is 5.91 Å². The van der Waals surface area contributed by atoms with Gasteiger partial charge in [-0.2, -0.15) is 0 Å². The highest BCUT2D eigenvalue weighted by molar-refractivity contribution is 5.98. The Morgan fingerprint density at radius 2 is 1.75 bits per heavy atom. The Morgan fingerprint density at radius 3 is 2.36 bits per heavy atom. The van der Waals surface area contributed by atoms with E-state index in [0.717, 1.165) is 25.7 Å². The van der Waals surface area contributed by atoms with Crippen LogP contribution in [-0.4, -0.2) is 50.7 Å². The largest absolute Gasteiger partial charge is 0.496 e. The van der Waals surface area contributed by atoms with E-state index in [1.54, 1.807) is 0 Å². The SMILES string of the molecule is COC(=O)C1(C)CCC(Oc2cc(C(=O)N[C@@H]3[C@H]4CC(=CC5CC5)[C@H](C4)[C@@H]3C(=O)NCC3(C)CCC3)c(OC)cc2F)CC1. The lowest BCUT2D eigenvalue weighted by Crippen LogP contribution is -2.52. The van der Waals surface area contributed by atoms with Crippen molar-refractivity contribution < 1.29 is 33.0 Å². The monoisotopic (exact) mass is 610 g/mol. The van der Waals surface area contributed by atoms with Crippen LogP contribution in [0.15, 0.2) is 23.8 Å². The van der Waals surface area contributed by atoms with Crippen molar-refractivity contribution in [1.82, 2.24) is 10.6 Å². The van der Waals surface area contributed by atoms with Crippen LogP contribution in [0.1, 0.15) is 94.8 Å². The molecule has 0 heterocycles. The maximum atomic E-state index is 15.2. The molecule has 0 radical (unpaired) electrons. The van der Waals surface area contributed by atoms with Crippen molar-refractivity contribution >= 4 is 17.8 Å². The first-order valence-corrected chi connectivity index (χ1v) is 16.4. The predicted molar refractivity (Wildman–Crippen MR) is 163 cm³/mol. The Balaban J connectivity index is 1.18. The zero-order valence-corrected chi connectivity index (χ0v) is 26.5. The second-order valence-electron chi connectivity index (χ2n) is 14.6. The van der Waals surface area contributed by atoms with Crippen LogP contribution in [-0.2, 0) is 14.3 Å². The van der Waals surface area contributed by atoms with Crippen molar-refractivity contribution in [2.45, 2.75) is 96.6 Å². The van der Waals surface area contributed by atoms with E-state index in [4.69, 9.17) is 14.2 Å². The summed E-state index contributed by atoms with van der Waals surface area (Å²) >= 11 is 0. The third-order valence-corrected chi connectivity index (χ3v) is 11.3. The van der Waals surface area contributed by atoms with Crippen LogP contribution in [0.4, 0.5) is 4.39 Å². The van der Waals surface area contributed by atoms with Gasteiger partial charge in [0.05, 0.1) is 37.2 Å². The number of ether oxygens (including phenoxy) is 3. The molecule has 2 N–H and O–H groups in total. The van der Waals surface area contributed by atoms with Gasteiger partial charge >= 0.3 is 5.97 Å². The third-order valence-electron chi connectivity index (χ3n) is 11.3. The molecule has 5 aliphatic carbocycles. The number of carbonyl (C=O) groups is 3. The number of methoxy groups -OCH3 is 2. The van der Waals surface area contributed by atoms with Gasteiger partial charge < -0.3 is 24.8 Å². The van der Waals surface area contributed by atoms with E-state index in [-0.39, 0.29) is 64.3 Å². The van der Waals surface area contributed by atoms with Gasteiger partial charge in [-0.3, -0.25) is 14.4 Å². The standard InChI is InChI=1S/C35H47FN2O6/c1-34(10-5-11-34)19-37-32(40)29-24-16-22(15-21(24)14-20-6-7-20)30(29)38-31(39)25-17-28(26(36)18-27(25)42-3)44-23-8-12-35(2,13-9-23)33(41)43-4/h14,17-18,20,22-24,29-30H,5-13,15-16,19H2,1-4H3,(H,37,40)(H,38,39)/t22-,23?,24-,29-,30+,35?/m0/s1. The van der Waals surface area contributed by atoms with E-state index >= 15 is 4.39 Å². The normalized spacial score (nSPS) is 32.9. The lowest BCUT2D eigenvalue weighted by Gasteiger charge is -2.39. The molecule has 0 unspecified atom stereocenters. The van der Waals surface area contributed by atoms with Gasteiger partial charge in [0, 0.05) is 18.7 Å². The Morgan fingerprint density at radius 1 is 1.02 bits per heavy atom. The summed E-state index contributed by atoms with van der Waals surface area (Å²) in [6, 6.07) is 2.29. The molecule has 0 spiro atoms. The van der Waals surface area contributed by atoms with Gasteiger partial charge in [0.2, 0.25) is 5.91 Å². The van der Waals surface area contributed by atoms with Crippen LogP contribution >= 0.6 is 0 Å². The number of esters is 1. The van der Waals surface area contributed by atoms with Crippen LogP contribution in [0, 0.1) is 40.3 Å². The van der Waals surface area contributed by atoms with Crippen molar-refractivity contribution in [3.05, 3.63) is 35.2 Å². The molecule has 1 aromatic carbocycles. The molecular formula is C35H47FN2O6. The van der Waals surface area contributed by atoms with Gasteiger partial charge in [-0.05, 0) is 100 Å². The van der Waals surface area contributed by atoms with E-state index in [0.29, 0.717) is 38.1 Å². The minimum atomic E-state index is -0.615. The summed E-state index contributed by atoms with van der Waals surface area (Å²) in [6.07, 6.45) is 12.0. The highest BCUT2D eigenvalue weighted by Gasteiger charge is 2.54. The van der Waals surface area contributed by atoms with Crippen molar-refractivity contribution in [3.63, 3.8) is 0 Å². The zero-order valence-electron chi connectivity index (χ0n) is 26.5. The molecule has 9 heteroatoms. The number of allylic oxidation sites excluding steroid dienone is 2. The molecule has 6 rings (SSSR count). The molecule has 2 bridgehead atoms. The summed E-state index contributed by atoms with van der Waals surface area (Å²) in [4.78, 5) is 39.8. The van der Waals surface area contributed by atoms with E-state index in [1.807, 2.05) is 6.92 Å². The number of amides is 2. The third kappa shape index (κ3) is 6.08. The van der Waals surface area contributed by atoms with Crippen LogP contribution in [0.25, 0.3) is 0 Å². The molecule has 0 aromatic heterocycles. The number of carbonyl (C=O) groups excluding carboxylic acids is 3. The van der Waals surface area contributed by atoms with E-state index in [2.05, 4.69) is 23.6 Å². The quantitative estimate of drug-likeness (QED) is 0.259. The van der Waals surface area contributed by atoms with Crippen LogP contribution < -0.4 is 20.1 Å². The fourth-order valence-electron chi connectivity index (χ4n) is 8.07. The van der Waals surface area contributed by atoms with Gasteiger partial charge in [0.1, 0.15) is 5.75 Å². The molecule has 2 amide bonds. The molecule has 5 fully saturated rings. The molecule has 240 valence electrons. The van der Waals surface area contributed by atoms with E-state index < -0.39 is 17.1 Å². The maximum Gasteiger partial charge on any atom is 0.311 e. The minimum absolute atomic E-state index is 0.0173. The smallest absolute Gasteiger partial charge is 0.311 e. The first-order chi connectivity index (χ1) is 21.0. The molecular weight excluding hydrogens is 563 g/mol. The molecule has 4 atom stereocenters. The molecule has 5 saturated carbocycles. The number of benzene rings is 1. The number of hydrogen-bond acceptors (Lipinski definition) is 6. The summed E-state index contributed by atoms with van der Waals surface area (Å²) in [7, 11) is 2.80. The van der Waals surface area contributed by atoms with Crippen LogP contribution in [0.3, 0.4) is 0 Å². The first kappa shape index (κ1) is 30.9. The number of fused-ring (bicyclic) bond motifs is 2. The van der Waals surface area contributed by atoms with Gasteiger partial charge in [0.15, 0.2) is 11.6 Å². The first-order valence-electron chi connectivity index (χ1n) is 16.4. The summed E-state index contributed by atoms with van der Waals surface area (Å²) in [5.41, 5.74) is 1.14. The van der Waals surface area contributed by atoms with Crippen LogP contribution in [0.2, 0.25) is 0 Å². The van der Waals surface area contributed by atoms with Crippen molar-refractivity contribution in [1.29, 1.82) is 0 Å². The molecule has 5 aliphatic rings. The molecule has 44 heavy (non-hydrogen) atoms. The topological polar surface area (TPSA) is 103 Å². The number of hydrogen-bond donors (Lipinski definition) is 2. The van der Waals surface area contributed by atoms with Gasteiger partial charge in [-0.1, -0.05) is 25.0 Å². The van der Waals surface area contributed by atoms with Gasteiger partial charge in [-0.15, -0.1) is 0 Å². The van der Waals surface area contributed by atoms with Crippen molar-refractivity contribution in [3.8, 4) is 11.5 Å². The Bertz CT molecular complexity index is 1330. The fourth-order valence-corrected chi connectivity index (χ4v) is 8.07. The lowest BCUT2D eigenvalue weighted by atomic mass is 9.70. The van der Waals surface area contributed by atoms with E-state index in [1.165, 1.54) is 51.2 Å². The number of halogens is 1. The molecule has 0 saturated heterocycles. The predicted octanol–water partition coefficient (Wildman–Crippen LogP) is 5.73. The second-order valence-corrected chi connectivity index (χ2v) is 14.6. The van der Waals surface area contributed by atoms with Gasteiger partial charge in [-0.25, -0.2) is 4.39 Å². The Hall–Kier alpha value is -3.10. The summed E-state index contributed by atoms with van der Waals surface area (Å²) in [6.45, 7) is 4.77. The van der Waals surface area contributed by atoms with Crippen molar-refractivity contribution in [2.24, 2.45) is 34.5 Å². The Kier molecular flexibility index (Phi) is 8.44. The number of nitrogens with one attached hydrogen (secondary N) is 2. The fraction of sp³-hybridized carbons (Fsp3) is 0.686. The summed E-state index contributed by atoms with van der Waals surface area (Å²) in [5.74, 6) is -0.532. The average Bonchev–Trinajstić information content (AvgIpc) is 3.63.